The van der Waals surface area contributed by atoms with E-state index in [1.54, 1.807) is 27.7 Å². The molecule has 1 saturated carbocycles. The predicted molar refractivity (Wildman–Crippen MR) is 184 cm³/mol. The summed E-state index contributed by atoms with van der Waals surface area (Å²) in [4.78, 5) is 46.1. The molecule has 264 valence electrons. The Kier molecular flexibility index (Phi) is 9.91. The maximum absolute atomic E-state index is 15.6. The fraction of sp³-hybridized carbons (Fsp3) is 0.775. The fourth-order valence-corrected chi connectivity index (χ4v) is 9.75. The van der Waals surface area contributed by atoms with Crippen molar-refractivity contribution in [2.45, 2.75) is 152 Å². The van der Waals surface area contributed by atoms with E-state index < -0.39 is 56.8 Å². The highest BCUT2D eigenvalue weighted by molar-refractivity contribution is 6.33. The summed E-state index contributed by atoms with van der Waals surface area (Å²) in [6, 6.07) is 0. The number of aliphatic hydroxyl groups excluding tert-OH is 1. The van der Waals surface area contributed by atoms with Gasteiger partial charge in [-0.05, 0) is 97.8 Å². The number of rotatable bonds is 11. The van der Waals surface area contributed by atoms with Crippen molar-refractivity contribution in [2.75, 3.05) is 6.61 Å². The highest BCUT2D eigenvalue weighted by Crippen LogP contribution is 2.70. The van der Waals surface area contributed by atoms with Gasteiger partial charge in [-0.3, -0.25) is 14.4 Å². The van der Waals surface area contributed by atoms with E-state index in [0.29, 0.717) is 37.0 Å². The number of carbonyl (C=O) groups excluding carboxylic acids is 3. The van der Waals surface area contributed by atoms with Gasteiger partial charge in [0.05, 0.1) is 22.7 Å². The first-order valence-electron chi connectivity index (χ1n) is 17.8. The lowest BCUT2D eigenvalue weighted by Gasteiger charge is -2.60. The lowest BCUT2D eigenvalue weighted by atomic mass is 9.38. The highest BCUT2D eigenvalue weighted by Gasteiger charge is 2.78. The van der Waals surface area contributed by atoms with Crippen LogP contribution in [0.5, 0.6) is 0 Å². The first-order valence-corrected chi connectivity index (χ1v) is 17.8. The first-order chi connectivity index (χ1) is 21.4. The molecule has 0 aromatic carbocycles. The van der Waals surface area contributed by atoms with Gasteiger partial charge in [0.15, 0.2) is 22.8 Å². The molecule has 2 aliphatic heterocycles. The Hall–Kier alpha value is -2.09. The summed E-state index contributed by atoms with van der Waals surface area (Å²) in [6.07, 6.45) is 5.69. The van der Waals surface area contributed by atoms with Gasteiger partial charge in [-0.25, -0.2) is 0 Å². The zero-order chi connectivity index (χ0) is 35.7. The second kappa shape index (κ2) is 12.4. The van der Waals surface area contributed by atoms with E-state index in [0.717, 1.165) is 11.1 Å². The summed E-state index contributed by atoms with van der Waals surface area (Å²) < 4.78 is 13.3. The molecule has 47 heavy (non-hydrogen) atoms. The zero-order valence-corrected chi connectivity index (χ0v) is 31.4. The topological polar surface area (TPSA) is 110 Å². The lowest BCUT2D eigenvalue weighted by Crippen LogP contribution is -2.70. The maximum Gasteiger partial charge on any atom is 0.183 e. The quantitative estimate of drug-likeness (QED) is 0.176. The minimum atomic E-state index is -1.90. The highest BCUT2D eigenvalue weighted by atomic mass is 16.5. The minimum absolute atomic E-state index is 0.0691. The van der Waals surface area contributed by atoms with Gasteiger partial charge in [0.1, 0.15) is 11.9 Å². The number of ketones is 3. The summed E-state index contributed by atoms with van der Waals surface area (Å²) in [5.74, 6) is -1.69. The molecule has 3 fully saturated rings. The molecule has 0 radical (unpaired) electrons. The summed E-state index contributed by atoms with van der Waals surface area (Å²) in [5.41, 5.74) is -3.90. The monoisotopic (exact) mass is 654 g/mol. The molecule has 7 nitrogen and oxygen atoms in total. The van der Waals surface area contributed by atoms with Gasteiger partial charge in [-0.1, -0.05) is 57.9 Å². The molecule has 2 saturated heterocycles. The number of allylic oxidation sites excluding steroid dienone is 5. The third-order valence-corrected chi connectivity index (χ3v) is 12.5. The Morgan fingerprint density at radius 2 is 1.60 bits per heavy atom. The van der Waals surface area contributed by atoms with E-state index >= 15 is 9.59 Å². The van der Waals surface area contributed by atoms with Crippen LogP contribution in [0.1, 0.15) is 129 Å². The van der Waals surface area contributed by atoms with Crippen LogP contribution in [0.2, 0.25) is 0 Å². The molecule has 2 bridgehead atoms. The number of hydrogen-bond donors (Lipinski definition) is 2. The van der Waals surface area contributed by atoms with Crippen LogP contribution in [-0.2, 0) is 23.9 Å². The van der Waals surface area contributed by atoms with Crippen molar-refractivity contribution in [2.24, 2.45) is 39.4 Å². The molecule has 7 atom stereocenters. The van der Waals surface area contributed by atoms with Crippen molar-refractivity contribution >= 4 is 17.3 Å². The van der Waals surface area contributed by atoms with Crippen LogP contribution >= 0.6 is 0 Å². The minimum Gasteiger partial charge on any atom is -0.490 e. The average Bonchev–Trinajstić information content (AvgIpc) is 3.40. The Bertz CT molecular complexity index is 1380. The third kappa shape index (κ3) is 5.74. The van der Waals surface area contributed by atoms with E-state index in [9.17, 15) is 15.0 Å². The van der Waals surface area contributed by atoms with Crippen molar-refractivity contribution in [3.63, 3.8) is 0 Å². The Morgan fingerprint density at radius 1 is 1.00 bits per heavy atom. The smallest absolute Gasteiger partial charge is 0.183 e. The van der Waals surface area contributed by atoms with Gasteiger partial charge in [0.2, 0.25) is 0 Å². The van der Waals surface area contributed by atoms with Gasteiger partial charge in [0.25, 0.3) is 0 Å². The van der Waals surface area contributed by atoms with Crippen LogP contribution in [-0.4, -0.2) is 57.6 Å². The Labute approximate surface area is 283 Å². The summed E-state index contributed by atoms with van der Waals surface area (Å²) >= 11 is 0. The van der Waals surface area contributed by atoms with Gasteiger partial charge in [0, 0.05) is 36.9 Å². The summed E-state index contributed by atoms with van der Waals surface area (Å²) in [6.45, 7) is 25.1. The van der Waals surface area contributed by atoms with E-state index in [1.165, 1.54) is 0 Å². The third-order valence-electron chi connectivity index (χ3n) is 12.5. The van der Waals surface area contributed by atoms with Gasteiger partial charge >= 0.3 is 0 Å². The van der Waals surface area contributed by atoms with Crippen molar-refractivity contribution in [1.82, 2.24) is 0 Å². The molecule has 0 unspecified atom stereocenters. The number of hydrogen-bond acceptors (Lipinski definition) is 7. The standard InChI is InChI=1S/C40H62O7/c1-23(2)15-14-18-38(13)26(17-16-24(3)4)20-39-21-30(36(9,10)45)46-33(39)27(32(43)40(38,34(39)44)31(42)25(5)6)19-29-35(7,8)28(22-41)37(11,12)47-29/h15-16,25-26,28-30,41,45H,14,17-22H2,1-13H3/t26-,28-,29-,30-,38+,39-,40-/m0/s1. The second-order valence-corrected chi connectivity index (χ2v) is 17.9. The van der Waals surface area contributed by atoms with Gasteiger partial charge < -0.3 is 19.7 Å². The number of ether oxygens (including phenoxy) is 2. The Morgan fingerprint density at radius 3 is 2.09 bits per heavy atom. The zero-order valence-electron chi connectivity index (χ0n) is 31.4. The van der Waals surface area contributed by atoms with Gasteiger partial charge in [-0.15, -0.1) is 0 Å². The van der Waals surface area contributed by atoms with E-state index in [-0.39, 0.29) is 42.9 Å². The van der Waals surface area contributed by atoms with Crippen LogP contribution in [0.4, 0.5) is 0 Å². The molecule has 2 aliphatic carbocycles. The molecule has 0 aromatic rings. The molecule has 2 N–H and O–H groups in total. The molecule has 0 amide bonds. The Balaban J connectivity index is 2.07. The summed E-state index contributed by atoms with van der Waals surface area (Å²) in [5, 5.41) is 21.7. The van der Waals surface area contributed by atoms with E-state index in [1.807, 2.05) is 48.5 Å². The molecule has 1 spiro atoms. The van der Waals surface area contributed by atoms with Crippen molar-refractivity contribution in [3.05, 3.63) is 34.6 Å². The molecule has 4 rings (SSSR count). The van der Waals surface area contributed by atoms with Crippen molar-refractivity contribution in [3.8, 4) is 0 Å². The average molecular weight is 655 g/mol. The maximum atomic E-state index is 15.6. The number of carbonyl (C=O) groups is 3. The molecular formula is C40H62O7. The number of Topliss-reactive ketones (excluding diaryl/α,β-unsaturated/α-hetero) is 3. The molecular weight excluding hydrogens is 592 g/mol. The van der Waals surface area contributed by atoms with E-state index in [4.69, 9.17) is 9.47 Å². The molecule has 0 aromatic heterocycles. The van der Waals surface area contributed by atoms with Crippen LogP contribution < -0.4 is 0 Å². The number of aliphatic hydroxyl groups is 2. The van der Waals surface area contributed by atoms with Crippen LogP contribution in [0.25, 0.3) is 0 Å². The SMILES string of the molecule is CC(C)=CCC[C@]1(C)[C@@H](CC=C(C)C)C[C@]23C[C@@H](C(C)(C)O)OC2=C(C[C@@H]2OC(C)(C)[C@@H](CO)C2(C)C)C(=O)[C@@]1(C(=O)C(C)C)C3=O. The van der Waals surface area contributed by atoms with Crippen LogP contribution in [0.15, 0.2) is 34.6 Å². The lowest BCUT2D eigenvalue weighted by molar-refractivity contribution is -0.179. The van der Waals surface area contributed by atoms with Crippen molar-refractivity contribution in [1.29, 1.82) is 0 Å². The van der Waals surface area contributed by atoms with Crippen molar-refractivity contribution < 1.29 is 34.1 Å². The normalized spacial score (nSPS) is 35.9. The van der Waals surface area contributed by atoms with Gasteiger partial charge in [-0.2, -0.15) is 0 Å². The molecule has 4 aliphatic rings. The first kappa shape index (κ1) is 37.7. The predicted octanol–water partition coefficient (Wildman–Crippen LogP) is 7.48. The van der Waals surface area contributed by atoms with Crippen LogP contribution in [0, 0.1) is 39.4 Å². The molecule has 7 heteroatoms. The largest absolute Gasteiger partial charge is 0.490 e. The van der Waals surface area contributed by atoms with E-state index in [2.05, 4.69) is 26.0 Å². The second-order valence-electron chi connectivity index (χ2n) is 17.9. The van der Waals surface area contributed by atoms with Crippen LogP contribution in [0.3, 0.4) is 0 Å². The number of fused-ring (bicyclic) bond motifs is 1. The molecule has 2 heterocycles. The fourth-order valence-electron chi connectivity index (χ4n) is 9.75. The summed E-state index contributed by atoms with van der Waals surface area (Å²) in [7, 11) is 0.